The Bertz CT molecular complexity index is 1490. The van der Waals surface area contributed by atoms with Crippen LogP contribution in [0.5, 0.6) is 0 Å². The Morgan fingerprint density at radius 2 is 1.74 bits per heavy atom. The van der Waals surface area contributed by atoms with Gasteiger partial charge in [-0.1, -0.05) is 54.6 Å². The zero-order valence-electron chi connectivity index (χ0n) is 22.3. The van der Waals surface area contributed by atoms with Crippen molar-refractivity contribution in [2.75, 3.05) is 12.4 Å². The van der Waals surface area contributed by atoms with Gasteiger partial charge in [-0.05, 0) is 81.1 Å². The number of benzene rings is 3. The Morgan fingerprint density at radius 3 is 2.41 bits per heavy atom. The maximum Gasteiger partial charge on any atom is 0.266 e. The van der Waals surface area contributed by atoms with Crippen LogP contribution in [0.1, 0.15) is 47.8 Å². The summed E-state index contributed by atoms with van der Waals surface area (Å²) in [5, 5.41) is 7.92. The van der Waals surface area contributed by atoms with Crippen LogP contribution in [0.15, 0.2) is 79.0 Å². The number of thiophene rings is 1. The second-order valence-electron chi connectivity index (χ2n) is 10.3. The van der Waals surface area contributed by atoms with Gasteiger partial charge >= 0.3 is 0 Å². The summed E-state index contributed by atoms with van der Waals surface area (Å²) in [6, 6.07) is 21.3. The third-order valence-electron chi connectivity index (χ3n) is 7.50. The second kappa shape index (κ2) is 11.9. The minimum Gasteiger partial charge on any atom is -0.360 e. The molecule has 1 aliphatic carbocycles. The number of fused-ring (bicyclic) bond motifs is 1. The van der Waals surface area contributed by atoms with Crippen molar-refractivity contribution < 1.29 is 9.18 Å². The average Bonchev–Trinajstić information content (AvgIpc) is 3.29. The van der Waals surface area contributed by atoms with Gasteiger partial charge in [0.1, 0.15) is 10.7 Å². The third kappa shape index (κ3) is 6.03. The van der Waals surface area contributed by atoms with Gasteiger partial charge in [0.25, 0.3) is 5.91 Å². The fraction of sp³-hybridized carbons (Fsp3) is 0.281. The first-order valence-corrected chi connectivity index (χ1v) is 14.5. The lowest BCUT2D eigenvalue weighted by atomic mass is 9.89. The lowest BCUT2D eigenvalue weighted by Crippen LogP contribution is -2.44. The van der Waals surface area contributed by atoms with Crippen LogP contribution in [0.2, 0.25) is 5.02 Å². The predicted molar refractivity (Wildman–Crippen MR) is 162 cm³/mol. The van der Waals surface area contributed by atoms with Crippen LogP contribution >= 0.6 is 22.9 Å². The number of hydrogen-bond acceptors (Lipinski definition) is 4. The van der Waals surface area contributed by atoms with E-state index in [0.717, 1.165) is 58.3 Å². The molecule has 1 fully saturated rings. The van der Waals surface area contributed by atoms with Gasteiger partial charge in [-0.25, -0.2) is 4.39 Å². The first kappa shape index (κ1) is 27.4. The molecule has 7 heteroatoms. The number of amides is 1. The lowest BCUT2D eigenvalue weighted by molar-refractivity contribution is 0.0604. The van der Waals surface area contributed by atoms with Gasteiger partial charge in [-0.2, -0.15) is 0 Å². The summed E-state index contributed by atoms with van der Waals surface area (Å²) in [7, 11) is 1.98. The topological polar surface area (TPSA) is 44.4 Å². The molecule has 0 bridgehead atoms. The SMILES string of the molecule is C=C(C)Nc1ccc(-c2ccc(F)c(CN(C(=O)c3sc4ccccc4c3Cl)C3CCC(NC)CC3)c2)cc1. The fourth-order valence-electron chi connectivity index (χ4n) is 5.38. The van der Waals surface area contributed by atoms with Crippen LogP contribution in [0.25, 0.3) is 21.2 Å². The van der Waals surface area contributed by atoms with Crippen molar-refractivity contribution in [1.29, 1.82) is 0 Å². The van der Waals surface area contributed by atoms with E-state index in [0.29, 0.717) is 21.5 Å². The van der Waals surface area contributed by atoms with Crippen molar-refractivity contribution >= 4 is 44.6 Å². The molecule has 0 spiro atoms. The Balaban J connectivity index is 1.47. The number of carbonyl (C=O) groups excluding carboxylic acids is 1. The van der Waals surface area contributed by atoms with E-state index in [4.69, 9.17) is 11.6 Å². The minimum absolute atomic E-state index is 0.0129. The van der Waals surface area contributed by atoms with Crippen LogP contribution in [-0.2, 0) is 6.54 Å². The number of rotatable bonds is 8. The van der Waals surface area contributed by atoms with E-state index in [9.17, 15) is 4.79 Å². The molecular formula is C32H33ClFN3OS. The highest BCUT2D eigenvalue weighted by Crippen LogP contribution is 2.38. The summed E-state index contributed by atoms with van der Waals surface area (Å²) in [6.07, 6.45) is 3.66. The van der Waals surface area contributed by atoms with E-state index in [1.807, 2.05) is 73.5 Å². The van der Waals surface area contributed by atoms with Crippen molar-refractivity contribution in [1.82, 2.24) is 10.2 Å². The first-order valence-electron chi connectivity index (χ1n) is 13.3. The summed E-state index contributed by atoms with van der Waals surface area (Å²) in [4.78, 5) is 16.5. The van der Waals surface area contributed by atoms with E-state index in [1.165, 1.54) is 17.4 Å². The lowest BCUT2D eigenvalue weighted by Gasteiger charge is -2.37. The Labute approximate surface area is 238 Å². The predicted octanol–water partition coefficient (Wildman–Crippen LogP) is 8.48. The van der Waals surface area contributed by atoms with E-state index in [-0.39, 0.29) is 24.3 Å². The fourth-order valence-corrected chi connectivity index (χ4v) is 6.84. The maximum absolute atomic E-state index is 15.3. The zero-order valence-corrected chi connectivity index (χ0v) is 23.8. The van der Waals surface area contributed by atoms with Crippen LogP contribution in [0, 0.1) is 5.82 Å². The molecular weight excluding hydrogens is 529 g/mol. The van der Waals surface area contributed by atoms with Gasteiger partial charge in [-0.15, -0.1) is 11.3 Å². The van der Waals surface area contributed by atoms with Gasteiger partial charge in [-0.3, -0.25) is 4.79 Å². The molecule has 0 saturated heterocycles. The number of nitrogens with one attached hydrogen (secondary N) is 2. The van der Waals surface area contributed by atoms with Crippen LogP contribution < -0.4 is 10.6 Å². The van der Waals surface area contributed by atoms with Crippen molar-refractivity contribution in [3.05, 3.63) is 100 Å². The number of anilines is 1. The van der Waals surface area contributed by atoms with Crippen molar-refractivity contribution in [3.63, 3.8) is 0 Å². The van der Waals surface area contributed by atoms with Gasteiger partial charge < -0.3 is 15.5 Å². The van der Waals surface area contributed by atoms with Crippen LogP contribution in [0.4, 0.5) is 10.1 Å². The molecule has 1 heterocycles. The molecule has 0 aliphatic heterocycles. The molecule has 0 radical (unpaired) electrons. The first-order chi connectivity index (χ1) is 18.8. The molecule has 202 valence electrons. The molecule has 1 aliphatic rings. The van der Waals surface area contributed by atoms with E-state index in [2.05, 4.69) is 17.2 Å². The normalized spacial score (nSPS) is 17.2. The molecule has 5 rings (SSSR count). The van der Waals surface area contributed by atoms with Gasteiger partial charge in [0, 0.05) is 45.7 Å². The number of allylic oxidation sites excluding steroid dienone is 1. The molecule has 0 atom stereocenters. The van der Waals surface area contributed by atoms with Crippen LogP contribution in [0.3, 0.4) is 0 Å². The highest BCUT2D eigenvalue weighted by molar-refractivity contribution is 7.21. The number of nitrogens with zero attached hydrogens (tertiary/aromatic N) is 1. The molecule has 1 saturated carbocycles. The van der Waals surface area contributed by atoms with E-state index < -0.39 is 0 Å². The van der Waals surface area contributed by atoms with Gasteiger partial charge in [0.2, 0.25) is 0 Å². The Kier molecular flexibility index (Phi) is 8.36. The summed E-state index contributed by atoms with van der Waals surface area (Å²) in [6.45, 7) is 5.98. The number of hydrogen-bond donors (Lipinski definition) is 2. The molecule has 3 aromatic carbocycles. The summed E-state index contributed by atoms with van der Waals surface area (Å²) < 4.78 is 16.2. The maximum atomic E-state index is 15.3. The smallest absolute Gasteiger partial charge is 0.266 e. The van der Waals surface area contributed by atoms with Crippen molar-refractivity contribution in [3.8, 4) is 11.1 Å². The molecule has 4 aromatic rings. The van der Waals surface area contributed by atoms with E-state index in [1.54, 1.807) is 6.07 Å². The number of halogens is 2. The molecule has 2 N–H and O–H groups in total. The Hall–Kier alpha value is -3.19. The molecule has 39 heavy (non-hydrogen) atoms. The average molecular weight is 562 g/mol. The van der Waals surface area contributed by atoms with Crippen molar-refractivity contribution in [2.24, 2.45) is 0 Å². The van der Waals surface area contributed by atoms with E-state index >= 15 is 4.39 Å². The van der Waals surface area contributed by atoms with Crippen molar-refractivity contribution in [2.45, 2.75) is 51.2 Å². The summed E-state index contributed by atoms with van der Waals surface area (Å²) in [5.74, 6) is -0.447. The molecule has 1 aromatic heterocycles. The quantitative estimate of drug-likeness (QED) is 0.227. The number of carbonyl (C=O) groups is 1. The summed E-state index contributed by atoms with van der Waals surface area (Å²) in [5.41, 5.74) is 4.18. The van der Waals surface area contributed by atoms with Gasteiger partial charge in [0.05, 0.1) is 5.02 Å². The van der Waals surface area contributed by atoms with Crippen LogP contribution in [-0.4, -0.2) is 29.9 Å². The minimum atomic E-state index is -0.316. The highest BCUT2D eigenvalue weighted by Gasteiger charge is 2.32. The molecule has 4 nitrogen and oxygen atoms in total. The second-order valence-corrected chi connectivity index (χ2v) is 11.7. The molecule has 1 amide bonds. The summed E-state index contributed by atoms with van der Waals surface area (Å²) >= 11 is 8.14. The Morgan fingerprint density at radius 1 is 1.05 bits per heavy atom. The largest absolute Gasteiger partial charge is 0.360 e. The highest BCUT2D eigenvalue weighted by atomic mass is 35.5. The standard InChI is InChI=1S/C32H33ClFN3OS/c1-20(2)36-25-11-8-21(9-12-25)22-10-17-28(34)23(18-22)19-37(26-15-13-24(35-3)14-16-26)32(38)31-30(33)27-6-4-5-7-29(27)39-31/h4-12,17-18,24,26,35-36H,1,13-16,19H2,2-3H3. The molecule has 0 unspecified atom stereocenters. The van der Waals surface area contributed by atoms with Gasteiger partial charge in [0.15, 0.2) is 0 Å². The zero-order chi connectivity index (χ0) is 27.5. The third-order valence-corrected chi connectivity index (χ3v) is 9.16. The monoisotopic (exact) mass is 561 g/mol.